The fourth-order valence-corrected chi connectivity index (χ4v) is 4.00. The summed E-state index contributed by atoms with van der Waals surface area (Å²) < 4.78 is 40.4. The predicted octanol–water partition coefficient (Wildman–Crippen LogP) is 6.16. The van der Waals surface area contributed by atoms with E-state index in [-0.39, 0.29) is 0 Å². The topological polar surface area (TPSA) is 42.0 Å². The zero-order valence-electron chi connectivity index (χ0n) is 15.0. The van der Waals surface area contributed by atoms with Crippen molar-refractivity contribution in [3.8, 4) is 0 Å². The molecule has 0 saturated heterocycles. The summed E-state index contributed by atoms with van der Waals surface area (Å²) in [6, 6.07) is 19.7. The number of halogens is 3. The number of para-hydroxylation sites is 1. The van der Waals surface area contributed by atoms with Crippen LogP contribution in [0.5, 0.6) is 0 Å². The zero-order valence-corrected chi connectivity index (χ0v) is 15.8. The van der Waals surface area contributed by atoms with E-state index in [2.05, 4.69) is 10.3 Å². The van der Waals surface area contributed by atoms with E-state index in [1.54, 1.807) is 23.5 Å². The molecule has 1 heterocycles. The van der Waals surface area contributed by atoms with Gasteiger partial charge in [-0.3, -0.25) is 4.79 Å². The molecular weight excluding hydrogens is 397 g/mol. The summed E-state index contributed by atoms with van der Waals surface area (Å²) in [7, 11) is 0. The molecular formula is C22H15F3N2OS. The third-order valence-corrected chi connectivity index (χ3v) is 5.42. The Morgan fingerprint density at radius 2 is 1.62 bits per heavy atom. The Bertz CT molecular complexity index is 1130. The third-order valence-electron chi connectivity index (χ3n) is 4.38. The lowest BCUT2D eigenvalue weighted by atomic mass is 10.1. The lowest BCUT2D eigenvalue weighted by Crippen LogP contribution is -2.18. The number of anilines is 1. The van der Waals surface area contributed by atoms with Gasteiger partial charge in [-0.1, -0.05) is 36.4 Å². The largest absolute Gasteiger partial charge is 0.417 e. The SMILES string of the molecule is O=C(Nc1ccc(Cc2nc3ccccc3s2)cc1)c1ccccc1C(F)(F)F. The normalized spacial score (nSPS) is 11.6. The first-order chi connectivity index (χ1) is 13.9. The summed E-state index contributed by atoms with van der Waals surface area (Å²) >= 11 is 1.62. The zero-order chi connectivity index (χ0) is 20.4. The van der Waals surface area contributed by atoms with Gasteiger partial charge in [-0.25, -0.2) is 4.98 Å². The van der Waals surface area contributed by atoms with Crippen LogP contribution in [0.15, 0.2) is 72.8 Å². The van der Waals surface area contributed by atoms with Crippen molar-refractivity contribution in [1.82, 2.24) is 4.98 Å². The maximum Gasteiger partial charge on any atom is 0.417 e. The van der Waals surface area contributed by atoms with Gasteiger partial charge in [0.15, 0.2) is 0 Å². The smallest absolute Gasteiger partial charge is 0.322 e. The van der Waals surface area contributed by atoms with Gasteiger partial charge in [0.1, 0.15) is 0 Å². The first-order valence-corrected chi connectivity index (χ1v) is 9.63. The van der Waals surface area contributed by atoms with Crippen LogP contribution in [0.25, 0.3) is 10.2 Å². The van der Waals surface area contributed by atoms with Gasteiger partial charge in [0.05, 0.1) is 26.4 Å². The Morgan fingerprint density at radius 3 is 2.34 bits per heavy atom. The Balaban J connectivity index is 1.48. The number of nitrogens with zero attached hydrogens (tertiary/aromatic N) is 1. The van der Waals surface area contributed by atoms with Crippen molar-refractivity contribution in [3.63, 3.8) is 0 Å². The molecule has 0 atom stereocenters. The number of rotatable bonds is 4. The fourth-order valence-electron chi connectivity index (χ4n) is 3.00. The van der Waals surface area contributed by atoms with Crippen molar-refractivity contribution in [2.24, 2.45) is 0 Å². The quantitative estimate of drug-likeness (QED) is 0.436. The van der Waals surface area contributed by atoms with Gasteiger partial charge < -0.3 is 5.32 Å². The molecule has 7 heteroatoms. The number of fused-ring (bicyclic) bond motifs is 1. The van der Waals surface area contributed by atoms with Crippen LogP contribution in [0.4, 0.5) is 18.9 Å². The van der Waals surface area contributed by atoms with Gasteiger partial charge in [-0.2, -0.15) is 13.2 Å². The van der Waals surface area contributed by atoms with E-state index in [9.17, 15) is 18.0 Å². The average Bonchev–Trinajstić information content (AvgIpc) is 3.11. The summed E-state index contributed by atoms with van der Waals surface area (Å²) in [5, 5.41) is 3.51. The molecule has 1 amide bonds. The second-order valence-electron chi connectivity index (χ2n) is 6.45. The minimum atomic E-state index is -4.59. The molecule has 0 fully saturated rings. The van der Waals surface area contributed by atoms with Gasteiger partial charge in [0.2, 0.25) is 0 Å². The Hall–Kier alpha value is -3.19. The van der Waals surface area contributed by atoms with Crippen molar-refractivity contribution < 1.29 is 18.0 Å². The summed E-state index contributed by atoms with van der Waals surface area (Å²) in [6.45, 7) is 0. The molecule has 3 aromatic carbocycles. The number of nitrogens with one attached hydrogen (secondary N) is 1. The minimum Gasteiger partial charge on any atom is -0.322 e. The Kier molecular flexibility index (Phi) is 5.07. The molecule has 4 aromatic rings. The van der Waals surface area contributed by atoms with Crippen LogP contribution in [0.1, 0.15) is 26.5 Å². The number of benzene rings is 3. The number of hydrogen-bond donors (Lipinski definition) is 1. The number of aromatic nitrogens is 1. The lowest BCUT2D eigenvalue weighted by molar-refractivity contribution is -0.137. The maximum absolute atomic E-state index is 13.1. The standard InChI is InChI=1S/C22H15F3N2OS/c23-22(24,25)17-6-2-1-5-16(17)21(28)26-15-11-9-14(10-12-15)13-20-27-18-7-3-4-8-19(18)29-20/h1-12H,13H2,(H,26,28). The van der Waals surface area contributed by atoms with E-state index in [1.807, 2.05) is 36.4 Å². The van der Waals surface area contributed by atoms with E-state index >= 15 is 0 Å². The monoisotopic (exact) mass is 412 g/mol. The van der Waals surface area contributed by atoms with Crippen LogP contribution in [0.3, 0.4) is 0 Å². The fraction of sp³-hybridized carbons (Fsp3) is 0.0909. The molecule has 29 heavy (non-hydrogen) atoms. The highest BCUT2D eigenvalue weighted by Gasteiger charge is 2.34. The molecule has 3 nitrogen and oxygen atoms in total. The summed E-state index contributed by atoms with van der Waals surface area (Å²) in [5.41, 5.74) is 1.03. The van der Waals surface area contributed by atoms with Crippen molar-refractivity contribution in [2.45, 2.75) is 12.6 Å². The van der Waals surface area contributed by atoms with Crippen LogP contribution in [0.2, 0.25) is 0 Å². The molecule has 146 valence electrons. The molecule has 0 spiro atoms. The van der Waals surface area contributed by atoms with Crippen LogP contribution in [0, 0.1) is 0 Å². The van der Waals surface area contributed by atoms with Gasteiger partial charge in [-0.05, 0) is 42.0 Å². The van der Waals surface area contributed by atoms with E-state index in [4.69, 9.17) is 0 Å². The molecule has 0 unspecified atom stereocenters. The molecule has 0 saturated carbocycles. The molecule has 0 aliphatic rings. The maximum atomic E-state index is 13.1. The summed E-state index contributed by atoms with van der Waals surface area (Å²) in [4.78, 5) is 16.9. The molecule has 0 aliphatic carbocycles. The third kappa shape index (κ3) is 4.30. The van der Waals surface area contributed by atoms with Crippen LogP contribution in [-0.4, -0.2) is 10.9 Å². The van der Waals surface area contributed by atoms with Crippen LogP contribution < -0.4 is 5.32 Å². The van der Waals surface area contributed by atoms with Crippen molar-refractivity contribution in [1.29, 1.82) is 0 Å². The second-order valence-corrected chi connectivity index (χ2v) is 7.56. The molecule has 0 radical (unpaired) electrons. The highest BCUT2D eigenvalue weighted by molar-refractivity contribution is 7.18. The van der Waals surface area contributed by atoms with Gasteiger partial charge in [0.25, 0.3) is 5.91 Å². The van der Waals surface area contributed by atoms with E-state index in [1.165, 1.54) is 18.2 Å². The number of alkyl halides is 3. The number of thiazole rings is 1. The average molecular weight is 412 g/mol. The van der Waals surface area contributed by atoms with Crippen LogP contribution >= 0.6 is 11.3 Å². The predicted molar refractivity (Wildman–Crippen MR) is 108 cm³/mol. The van der Waals surface area contributed by atoms with E-state index < -0.39 is 23.2 Å². The highest BCUT2D eigenvalue weighted by Crippen LogP contribution is 2.32. The van der Waals surface area contributed by atoms with Gasteiger partial charge in [0, 0.05) is 12.1 Å². The van der Waals surface area contributed by atoms with Crippen molar-refractivity contribution in [3.05, 3.63) is 94.5 Å². The van der Waals surface area contributed by atoms with E-state index in [0.717, 1.165) is 26.9 Å². The van der Waals surface area contributed by atoms with Gasteiger partial charge in [-0.15, -0.1) is 11.3 Å². The molecule has 1 aromatic heterocycles. The number of amides is 1. The molecule has 0 aliphatic heterocycles. The summed E-state index contributed by atoms with van der Waals surface area (Å²) in [6.07, 6.45) is -3.94. The van der Waals surface area contributed by atoms with Crippen molar-refractivity contribution in [2.75, 3.05) is 5.32 Å². The van der Waals surface area contributed by atoms with Crippen LogP contribution in [-0.2, 0) is 12.6 Å². The molecule has 0 bridgehead atoms. The molecule has 4 rings (SSSR count). The Morgan fingerprint density at radius 1 is 0.931 bits per heavy atom. The van der Waals surface area contributed by atoms with Gasteiger partial charge >= 0.3 is 6.18 Å². The number of carbonyl (C=O) groups excluding carboxylic acids is 1. The first-order valence-electron chi connectivity index (χ1n) is 8.81. The first kappa shape index (κ1) is 19.1. The summed E-state index contributed by atoms with van der Waals surface area (Å²) in [5.74, 6) is -0.795. The second kappa shape index (κ2) is 7.67. The number of hydrogen-bond acceptors (Lipinski definition) is 3. The minimum absolute atomic E-state index is 0.404. The molecule has 1 N–H and O–H groups in total. The highest BCUT2D eigenvalue weighted by atomic mass is 32.1. The number of carbonyl (C=O) groups is 1. The van der Waals surface area contributed by atoms with Crippen molar-refractivity contribution >= 4 is 33.1 Å². The lowest BCUT2D eigenvalue weighted by Gasteiger charge is -2.12. The Labute approximate surface area is 168 Å². The van der Waals surface area contributed by atoms with E-state index in [0.29, 0.717) is 12.1 Å².